The van der Waals surface area contributed by atoms with Crippen molar-refractivity contribution >= 4 is 5.69 Å². The second kappa shape index (κ2) is 6.61. The number of ether oxygens (including phenoxy) is 1. The first-order valence-corrected chi connectivity index (χ1v) is 7.28. The van der Waals surface area contributed by atoms with Gasteiger partial charge in [-0.2, -0.15) is 31.6 Å². The van der Waals surface area contributed by atoms with Crippen LogP contribution < -0.4 is 4.90 Å². The first kappa shape index (κ1) is 20.3. The van der Waals surface area contributed by atoms with Crippen LogP contribution in [-0.4, -0.2) is 41.1 Å². The van der Waals surface area contributed by atoms with Crippen molar-refractivity contribution in [2.45, 2.75) is 50.9 Å². The van der Waals surface area contributed by atoms with Gasteiger partial charge in [0.2, 0.25) is 6.41 Å². The smallest absolute Gasteiger partial charge is 0.382 e. The molecule has 11 heteroatoms. The average Bonchev–Trinajstić information content (AvgIpc) is 2.77. The SMILES string of the molecule is Cc1c(N2C(O)O[C@H](C)[C@@H]2[C@H](O)C(F)(F)F)ccc(C#N)c1C(F)(F)F. The highest BCUT2D eigenvalue weighted by Crippen LogP contribution is 2.42. The molecule has 1 aromatic carbocycles. The molecule has 0 spiro atoms. The van der Waals surface area contributed by atoms with E-state index in [1.807, 2.05) is 0 Å². The molecule has 5 nitrogen and oxygen atoms in total. The van der Waals surface area contributed by atoms with Crippen molar-refractivity contribution < 1.29 is 41.3 Å². The van der Waals surface area contributed by atoms with Gasteiger partial charge < -0.3 is 19.8 Å². The summed E-state index contributed by atoms with van der Waals surface area (Å²) in [6.07, 6.45) is -16.3. The summed E-state index contributed by atoms with van der Waals surface area (Å²) in [5, 5.41) is 28.4. The largest absolute Gasteiger partial charge is 0.418 e. The van der Waals surface area contributed by atoms with Gasteiger partial charge in [-0.05, 0) is 31.5 Å². The van der Waals surface area contributed by atoms with Gasteiger partial charge in [-0.15, -0.1) is 0 Å². The molecule has 0 aromatic heterocycles. The molecule has 0 aliphatic carbocycles. The molecule has 1 aliphatic heterocycles. The lowest BCUT2D eigenvalue weighted by atomic mass is 9.97. The Morgan fingerprint density at radius 2 is 1.81 bits per heavy atom. The van der Waals surface area contributed by atoms with Crippen LogP contribution in [0.5, 0.6) is 0 Å². The number of nitrogens with zero attached hydrogens (tertiary/aromatic N) is 2. The second-order valence-corrected chi connectivity index (χ2v) is 5.79. The third kappa shape index (κ3) is 3.44. The quantitative estimate of drug-likeness (QED) is 0.767. The molecule has 2 N–H and O–H groups in total. The summed E-state index contributed by atoms with van der Waals surface area (Å²) in [5.74, 6) is 0. The maximum absolute atomic E-state index is 13.3. The molecule has 144 valence electrons. The van der Waals surface area contributed by atoms with E-state index in [9.17, 15) is 36.6 Å². The highest BCUT2D eigenvalue weighted by molar-refractivity contribution is 5.63. The number of hydrogen-bond acceptors (Lipinski definition) is 5. The van der Waals surface area contributed by atoms with Crippen molar-refractivity contribution in [3.63, 3.8) is 0 Å². The Balaban J connectivity index is 2.64. The van der Waals surface area contributed by atoms with E-state index in [1.54, 1.807) is 0 Å². The summed E-state index contributed by atoms with van der Waals surface area (Å²) in [4.78, 5) is 0.536. The second-order valence-electron chi connectivity index (χ2n) is 5.79. The van der Waals surface area contributed by atoms with Crippen LogP contribution in [0.3, 0.4) is 0 Å². The molecule has 1 heterocycles. The van der Waals surface area contributed by atoms with Crippen molar-refractivity contribution in [2.24, 2.45) is 0 Å². The summed E-state index contributed by atoms with van der Waals surface area (Å²) in [7, 11) is 0. The maximum atomic E-state index is 13.3. The summed E-state index contributed by atoms with van der Waals surface area (Å²) in [6.45, 7) is 2.11. The normalized spacial score (nSPS) is 25.3. The Hall–Kier alpha value is -2.03. The fraction of sp³-hybridized carbons (Fsp3) is 0.533. The fourth-order valence-corrected chi connectivity index (χ4v) is 3.03. The fourth-order valence-electron chi connectivity index (χ4n) is 3.03. The van der Waals surface area contributed by atoms with E-state index in [0.717, 1.165) is 26.0 Å². The molecule has 0 radical (unpaired) electrons. The summed E-state index contributed by atoms with van der Waals surface area (Å²) < 4.78 is 83.6. The van der Waals surface area contributed by atoms with Crippen LogP contribution in [0.4, 0.5) is 32.0 Å². The molecule has 1 unspecified atom stereocenters. The number of hydrogen-bond donors (Lipinski definition) is 2. The Labute approximate surface area is 144 Å². The number of rotatable bonds is 2. The van der Waals surface area contributed by atoms with E-state index < -0.39 is 59.4 Å². The van der Waals surface area contributed by atoms with E-state index in [0.29, 0.717) is 4.90 Å². The zero-order chi connectivity index (χ0) is 20.0. The zero-order valence-electron chi connectivity index (χ0n) is 13.4. The third-order valence-electron chi connectivity index (χ3n) is 4.15. The molecule has 0 bridgehead atoms. The van der Waals surface area contributed by atoms with Gasteiger partial charge in [-0.3, -0.25) is 0 Å². The van der Waals surface area contributed by atoms with Crippen LogP contribution in [0.2, 0.25) is 0 Å². The highest BCUT2D eigenvalue weighted by Gasteiger charge is 2.54. The van der Waals surface area contributed by atoms with Crippen molar-refractivity contribution in [3.05, 3.63) is 28.8 Å². The van der Waals surface area contributed by atoms with Gasteiger partial charge >= 0.3 is 12.4 Å². The minimum atomic E-state index is -5.09. The highest BCUT2D eigenvalue weighted by atomic mass is 19.4. The Bertz CT molecular complexity index is 728. The van der Waals surface area contributed by atoms with E-state index >= 15 is 0 Å². The minimum absolute atomic E-state index is 0.429. The van der Waals surface area contributed by atoms with Crippen LogP contribution in [-0.2, 0) is 10.9 Å². The first-order valence-electron chi connectivity index (χ1n) is 7.28. The Morgan fingerprint density at radius 1 is 1.23 bits per heavy atom. The molecule has 1 aliphatic rings. The molecule has 4 atom stereocenters. The third-order valence-corrected chi connectivity index (χ3v) is 4.15. The Kier molecular flexibility index (Phi) is 5.15. The topological polar surface area (TPSA) is 76.7 Å². The van der Waals surface area contributed by atoms with Crippen LogP contribution >= 0.6 is 0 Å². The maximum Gasteiger partial charge on any atom is 0.418 e. The van der Waals surface area contributed by atoms with Crippen molar-refractivity contribution in [2.75, 3.05) is 4.90 Å². The molecule has 1 fully saturated rings. The predicted octanol–water partition coefficient (Wildman–Crippen LogP) is 2.68. The molecule has 0 amide bonds. The van der Waals surface area contributed by atoms with E-state index in [4.69, 9.17) is 10.00 Å². The Morgan fingerprint density at radius 3 is 2.27 bits per heavy atom. The van der Waals surface area contributed by atoms with Crippen LogP contribution in [0.25, 0.3) is 0 Å². The number of alkyl halides is 6. The van der Waals surface area contributed by atoms with E-state index in [1.165, 1.54) is 6.07 Å². The zero-order valence-corrected chi connectivity index (χ0v) is 13.4. The van der Waals surface area contributed by atoms with Crippen LogP contribution in [0, 0.1) is 18.3 Å². The monoisotopic (exact) mass is 384 g/mol. The van der Waals surface area contributed by atoms with Crippen molar-refractivity contribution in [3.8, 4) is 6.07 Å². The number of aliphatic hydroxyl groups excluding tert-OH is 2. The number of anilines is 1. The van der Waals surface area contributed by atoms with Gasteiger partial charge in [-0.1, -0.05) is 0 Å². The van der Waals surface area contributed by atoms with Gasteiger partial charge in [0.1, 0.15) is 0 Å². The number of aliphatic hydroxyl groups is 2. The molecule has 1 aromatic rings. The van der Waals surface area contributed by atoms with Gasteiger partial charge in [0.15, 0.2) is 6.10 Å². The molecule has 0 saturated carbocycles. The molecule has 1 saturated heterocycles. The molecular formula is C15H14F6N2O3. The van der Waals surface area contributed by atoms with Crippen LogP contribution in [0.1, 0.15) is 23.6 Å². The van der Waals surface area contributed by atoms with Crippen LogP contribution in [0.15, 0.2) is 12.1 Å². The number of halogens is 6. The van der Waals surface area contributed by atoms with Gasteiger partial charge in [0.05, 0.1) is 29.3 Å². The van der Waals surface area contributed by atoms with Crippen molar-refractivity contribution in [1.29, 1.82) is 5.26 Å². The lowest BCUT2D eigenvalue weighted by Gasteiger charge is -2.34. The van der Waals surface area contributed by atoms with Gasteiger partial charge in [0, 0.05) is 5.69 Å². The minimum Gasteiger partial charge on any atom is -0.382 e. The first-order chi connectivity index (χ1) is 11.8. The molecule has 2 rings (SSSR count). The summed E-state index contributed by atoms with van der Waals surface area (Å²) in [6, 6.07) is 1.27. The summed E-state index contributed by atoms with van der Waals surface area (Å²) >= 11 is 0. The predicted molar refractivity (Wildman–Crippen MR) is 75.8 cm³/mol. The van der Waals surface area contributed by atoms with E-state index in [-0.39, 0.29) is 0 Å². The van der Waals surface area contributed by atoms with Gasteiger partial charge in [-0.25, -0.2) is 0 Å². The lowest BCUT2D eigenvalue weighted by molar-refractivity contribution is -0.212. The lowest BCUT2D eigenvalue weighted by Crippen LogP contribution is -2.52. The number of benzene rings is 1. The number of nitriles is 1. The molecule has 26 heavy (non-hydrogen) atoms. The standard InChI is InChI=1S/C15H14F6N2O3/c1-6-9(4-3-8(5-22)10(6)14(16,17)18)23-11(7(2)26-13(23)25)12(24)15(19,20)21/h3-4,7,11-13,24-25H,1-2H3/t7-,11-,12+,13?/m1/s1. The van der Waals surface area contributed by atoms with Crippen molar-refractivity contribution in [1.82, 2.24) is 0 Å². The van der Waals surface area contributed by atoms with E-state index in [2.05, 4.69) is 0 Å². The van der Waals surface area contributed by atoms with Gasteiger partial charge in [0.25, 0.3) is 0 Å². The summed E-state index contributed by atoms with van der Waals surface area (Å²) in [5.41, 5.74) is -3.03. The average molecular weight is 384 g/mol. The molecular weight excluding hydrogens is 370 g/mol.